The minimum atomic E-state index is 0.417. The Balaban J connectivity index is 2.15. The fourth-order valence-electron chi connectivity index (χ4n) is 1.91. The third-order valence-electron chi connectivity index (χ3n) is 2.89. The summed E-state index contributed by atoms with van der Waals surface area (Å²) in [4.78, 5) is 2.84. The first-order chi connectivity index (χ1) is 9.10. The zero-order chi connectivity index (χ0) is 13.8. The summed E-state index contributed by atoms with van der Waals surface area (Å²) in [5.74, 6) is 0. The van der Waals surface area contributed by atoms with Crippen molar-refractivity contribution in [3.05, 3.63) is 41.1 Å². The predicted octanol–water partition coefficient (Wildman–Crippen LogP) is 5.93. The molecule has 0 aliphatic rings. The summed E-state index contributed by atoms with van der Waals surface area (Å²) in [5.41, 5.74) is 1.33. The summed E-state index contributed by atoms with van der Waals surface area (Å²) < 4.78 is 2.43. The summed E-state index contributed by atoms with van der Waals surface area (Å²) >= 11 is 10.8. The van der Waals surface area contributed by atoms with E-state index in [1.54, 1.807) is 0 Å². The minimum Gasteiger partial charge on any atom is -0.309 e. The highest BCUT2D eigenvalue weighted by molar-refractivity contribution is 9.11. The lowest BCUT2D eigenvalue weighted by Crippen LogP contribution is -2.23. The van der Waals surface area contributed by atoms with Crippen molar-refractivity contribution in [2.75, 3.05) is 6.54 Å². The number of hydrogen-bond acceptors (Lipinski definition) is 3. The van der Waals surface area contributed by atoms with Crippen molar-refractivity contribution in [3.63, 3.8) is 0 Å². The van der Waals surface area contributed by atoms with Gasteiger partial charge in [-0.1, -0.05) is 6.92 Å². The number of halogens is 2. The molecule has 1 N–H and O–H groups in total. The molecular formula is C14H17Br2NS2. The summed E-state index contributed by atoms with van der Waals surface area (Å²) in [5, 5.41) is 5.82. The van der Waals surface area contributed by atoms with Gasteiger partial charge in [-0.15, -0.1) is 22.7 Å². The molecule has 0 bridgehead atoms. The van der Waals surface area contributed by atoms with Crippen LogP contribution in [0, 0.1) is 6.92 Å². The van der Waals surface area contributed by atoms with Gasteiger partial charge in [0.05, 0.1) is 3.79 Å². The van der Waals surface area contributed by atoms with E-state index in [0.29, 0.717) is 6.04 Å². The Morgan fingerprint density at radius 2 is 2.11 bits per heavy atom. The van der Waals surface area contributed by atoms with Crippen molar-refractivity contribution in [2.24, 2.45) is 0 Å². The molecule has 5 heteroatoms. The Labute approximate surface area is 139 Å². The minimum absolute atomic E-state index is 0.417. The van der Waals surface area contributed by atoms with Crippen molar-refractivity contribution < 1.29 is 0 Å². The van der Waals surface area contributed by atoms with Gasteiger partial charge < -0.3 is 5.32 Å². The fraction of sp³-hybridized carbons (Fsp3) is 0.429. The molecule has 1 nitrogen and oxygen atoms in total. The van der Waals surface area contributed by atoms with E-state index in [9.17, 15) is 0 Å². The molecule has 0 radical (unpaired) electrons. The van der Waals surface area contributed by atoms with E-state index < -0.39 is 0 Å². The summed E-state index contributed by atoms with van der Waals surface area (Å²) in [6.45, 7) is 5.43. The van der Waals surface area contributed by atoms with Gasteiger partial charge in [-0.2, -0.15) is 0 Å². The molecular weight excluding hydrogens is 406 g/mol. The predicted molar refractivity (Wildman–Crippen MR) is 93.5 cm³/mol. The Kier molecular flexibility index (Phi) is 6.09. The van der Waals surface area contributed by atoms with E-state index in [4.69, 9.17) is 0 Å². The zero-order valence-electron chi connectivity index (χ0n) is 11.0. The Hall–Kier alpha value is 0.320. The third kappa shape index (κ3) is 4.39. The highest BCUT2D eigenvalue weighted by Crippen LogP contribution is 2.34. The maximum Gasteiger partial charge on any atom is 0.0731 e. The third-order valence-corrected chi connectivity index (χ3v) is 6.86. The fourth-order valence-corrected chi connectivity index (χ4v) is 5.05. The molecule has 104 valence electrons. The van der Waals surface area contributed by atoms with Gasteiger partial charge in [0.2, 0.25) is 0 Å². The van der Waals surface area contributed by atoms with Gasteiger partial charge >= 0.3 is 0 Å². The molecule has 2 aromatic heterocycles. The lowest BCUT2D eigenvalue weighted by Gasteiger charge is -2.16. The first kappa shape index (κ1) is 15.7. The van der Waals surface area contributed by atoms with Gasteiger partial charge in [0, 0.05) is 32.1 Å². The van der Waals surface area contributed by atoms with Crippen molar-refractivity contribution in [3.8, 4) is 0 Å². The molecule has 1 atom stereocenters. The second kappa shape index (κ2) is 7.36. The second-order valence-electron chi connectivity index (χ2n) is 4.55. The highest BCUT2D eigenvalue weighted by Gasteiger charge is 2.16. The average molecular weight is 423 g/mol. The van der Waals surface area contributed by atoms with Gasteiger partial charge in [0.25, 0.3) is 0 Å². The van der Waals surface area contributed by atoms with Crippen LogP contribution in [-0.2, 0) is 6.42 Å². The van der Waals surface area contributed by atoms with Crippen LogP contribution in [0.3, 0.4) is 0 Å². The number of nitrogens with one attached hydrogen (secondary N) is 1. The van der Waals surface area contributed by atoms with E-state index in [0.717, 1.165) is 19.4 Å². The highest BCUT2D eigenvalue weighted by atomic mass is 79.9. The van der Waals surface area contributed by atoms with Gasteiger partial charge in [-0.25, -0.2) is 0 Å². The maximum atomic E-state index is 3.66. The largest absolute Gasteiger partial charge is 0.309 e. The molecule has 1 unspecified atom stereocenters. The quantitative estimate of drug-likeness (QED) is 0.608. The van der Waals surface area contributed by atoms with Gasteiger partial charge in [-0.3, -0.25) is 0 Å². The van der Waals surface area contributed by atoms with Crippen molar-refractivity contribution in [2.45, 2.75) is 32.7 Å². The van der Waals surface area contributed by atoms with Crippen LogP contribution in [-0.4, -0.2) is 6.54 Å². The van der Waals surface area contributed by atoms with Gasteiger partial charge in [0.1, 0.15) is 0 Å². The lowest BCUT2D eigenvalue weighted by molar-refractivity contribution is 0.539. The van der Waals surface area contributed by atoms with Crippen LogP contribution in [0.25, 0.3) is 0 Å². The molecule has 0 fully saturated rings. The molecule has 0 aliphatic heterocycles. The monoisotopic (exact) mass is 421 g/mol. The second-order valence-corrected chi connectivity index (χ2v) is 8.86. The number of rotatable bonds is 6. The molecule has 0 spiro atoms. The normalized spacial score (nSPS) is 12.8. The SMILES string of the molecule is CCCNC(Cc1cc(Br)cs1)c1cc(C)c(Br)s1. The number of aryl methyl sites for hydroxylation is 1. The Morgan fingerprint density at radius 1 is 1.32 bits per heavy atom. The van der Waals surface area contributed by atoms with Crippen LogP contribution in [0.2, 0.25) is 0 Å². The summed E-state index contributed by atoms with van der Waals surface area (Å²) in [6.07, 6.45) is 2.22. The molecule has 19 heavy (non-hydrogen) atoms. The number of hydrogen-bond donors (Lipinski definition) is 1. The number of thiophene rings is 2. The zero-order valence-corrected chi connectivity index (χ0v) is 15.8. The lowest BCUT2D eigenvalue weighted by atomic mass is 10.1. The maximum absolute atomic E-state index is 3.66. The molecule has 0 aromatic carbocycles. The van der Waals surface area contributed by atoms with Crippen LogP contribution >= 0.6 is 54.5 Å². The Morgan fingerprint density at radius 3 is 2.63 bits per heavy atom. The van der Waals surface area contributed by atoms with E-state index >= 15 is 0 Å². The van der Waals surface area contributed by atoms with Crippen LogP contribution in [0.1, 0.15) is 34.7 Å². The van der Waals surface area contributed by atoms with Crippen LogP contribution in [0.4, 0.5) is 0 Å². The molecule has 0 aliphatic carbocycles. The van der Waals surface area contributed by atoms with E-state index in [-0.39, 0.29) is 0 Å². The van der Waals surface area contributed by atoms with Crippen molar-refractivity contribution in [1.29, 1.82) is 0 Å². The van der Waals surface area contributed by atoms with E-state index in [1.807, 2.05) is 22.7 Å². The smallest absolute Gasteiger partial charge is 0.0731 e. The Bertz CT molecular complexity index is 514. The first-order valence-corrected chi connectivity index (χ1v) is 9.60. The topological polar surface area (TPSA) is 12.0 Å². The standard InChI is InChI=1S/C14H17Br2NS2/c1-3-4-17-12(7-11-6-10(15)8-18-11)13-5-9(2)14(16)19-13/h5-6,8,12,17H,3-4,7H2,1-2H3. The summed E-state index contributed by atoms with van der Waals surface area (Å²) in [7, 11) is 0. The van der Waals surface area contributed by atoms with Crippen LogP contribution < -0.4 is 5.32 Å². The summed E-state index contributed by atoms with van der Waals surface area (Å²) in [6, 6.07) is 4.94. The molecule has 0 amide bonds. The molecule has 2 heterocycles. The van der Waals surface area contributed by atoms with Gasteiger partial charge in [-0.05, 0) is 69.4 Å². The van der Waals surface area contributed by atoms with Crippen molar-refractivity contribution >= 4 is 54.5 Å². The molecule has 2 aromatic rings. The first-order valence-electron chi connectivity index (χ1n) is 6.32. The molecule has 0 saturated heterocycles. The molecule has 2 rings (SSSR count). The average Bonchev–Trinajstić information content (AvgIpc) is 2.92. The van der Waals surface area contributed by atoms with E-state index in [1.165, 1.54) is 23.6 Å². The molecule has 0 saturated carbocycles. The van der Waals surface area contributed by atoms with Crippen LogP contribution in [0.15, 0.2) is 25.8 Å². The van der Waals surface area contributed by atoms with Crippen molar-refractivity contribution in [1.82, 2.24) is 5.32 Å². The van der Waals surface area contributed by atoms with E-state index in [2.05, 4.69) is 68.5 Å². The van der Waals surface area contributed by atoms with Gasteiger partial charge in [0.15, 0.2) is 0 Å². The van der Waals surface area contributed by atoms with Crippen LogP contribution in [0.5, 0.6) is 0 Å².